The Kier molecular flexibility index (Phi) is 21.7. The third-order valence-electron chi connectivity index (χ3n) is 0.894. The van der Waals surface area contributed by atoms with Crippen molar-refractivity contribution >= 4 is 64.0 Å². The first-order chi connectivity index (χ1) is 6.24. The summed E-state index contributed by atoms with van der Waals surface area (Å²) in [5, 5.41) is 0. The molecule has 0 radical (unpaired) electrons. The minimum absolute atomic E-state index is 0. The highest BCUT2D eigenvalue weighted by Gasteiger charge is 1.92. The Morgan fingerprint density at radius 1 is 0.688 bits per heavy atom. The van der Waals surface area contributed by atoms with Gasteiger partial charge in [0.1, 0.15) is 13.4 Å². The molecule has 6 nitrogen and oxygen atoms in total. The van der Waals surface area contributed by atoms with Gasteiger partial charge in [-0.2, -0.15) is 27.0 Å². The predicted octanol–water partition coefficient (Wildman–Crippen LogP) is -0.0464. The zero-order valence-corrected chi connectivity index (χ0v) is 14.6. The van der Waals surface area contributed by atoms with Crippen LogP contribution in [0.2, 0.25) is 0 Å². The van der Waals surface area contributed by atoms with Crippen molar-refractivity contribution in [2.24, 2.45) is 0 Å². The Bertz CT molecular complexity index is 199. The quantitative estimate of drug-likeness (QED) is 0.653. The first-order valence-electron chi connectivity index (χ1n) is 3.09. The highest BCUT2D eigenvalue weighted by Crippen LogP contribution is 2.35. The van der Waals surface area contributed by atoms with E-state index in [1.165, 1.54) is 28.4 Å². The highest BCUT2D eigenvalue weighted by molar-refractivity contribution is 8.06. The second-order valence-electron chi connectivity index (χ2n) is 1.62. The molecule has 104 valence electrons. The van der Waals surface area contributed by atoms with E-state index < -0.39 is 13.4 Å². The molecule has 12 heteroatoms. The Morgan fingerprint density at radius 2 is 0.812 bits per heavy atom. The van der Waals surface area contributed by atoms with Gasteiger partial charge in [-0.15, -0.1) is 0 Å². The molecule has 0 aliphatic heterocycles. The molecule has 0 N–H and O–H groups in total. The lowest BCUT2D eigenvalue weighted by atomic mass is 11.8. The smallest absolute Gasteiger partial charge is 0.114 e. The fraction of sp³-hybridized carbons (Fsp3) is 1.00. The van der Waals surface area contributed by atoms with Crippen LogP contribution in [0.5, 0.6) is 0 Å². The van der Waals surface area contributed by atoms with Crippen molar-refractivity contribution in [2.45, 2.75) is 0 Å². The van der Waals surface area contributed by atoms with Crippen LogP contribution in [0.1, 0.15) is 0 Å². The largest absolute Gasteiger partial charge is 0.780 e. The summed E-state index contributed by atoms with van der Waals surface area (Å²) in [5.41, 5.74) is 0. The van der Waals surface area contributed by atoms with E-state index in [1.807, 2.05) is 0 Å². The first-order valence-corrected chi connectivity index (χ1v) is 8.21. The van der Waals surface area contributed by atoms with Crippen LogP contribution < -0.4 is 9.79 Å². The van der Waals surface area contributed by atoms with E-state index >= 15 is 0 Å². The first kappa shape index (κ1) is 26.3. The molecule has 0 saturated heterocycles. The van der Waals surface area contributed by atoms with Crippen molar-refractivity contribution in [3.63, 3.8) is 0 Å². The van der Waals surface area contributed by atoms with Gasteiger partial charge in [0.05, 0.1) is 0 Å². The third kappa shape index (κ3) is 18.1. The Balaban J connectivity index is -0.0000000800. The van der Waals surface area contributed by atoms with Crippen LogP contribution in [0.25, 0.3) is 0 Å². The molecule has 0 unspecified atom stereocenters. The lowest BCUT2D eigenvalue weighted by Crippen LogP contribution is -2.02. The van der Waals surface area contributed by atoms with Crippen LogP contribution in [0.4, 0.5) is 0 Å². The third-order valence-corrected chi connectivity index (χ3v) is 4.47. The molecule has 0 aromatic heterocycles. The van der Waals surface area contributed by atoms with Crippen molar-refractivity contribution in [3.8, 4) is 0 Å². The maximum atomic E-state index is 10.3. The van der Waals surface area contributed by atoms with E-state index in [9.17, 15) is 9.79 Å². The molecule has 0 atom stereocenters. The van der Waals surface area contributed by atoms with Crippen LogP contribution in [0.3, 0.4) is 0 Å². The molecule has 0 saturated carbocycles. The van der Waals surface area contributed by atoms with Crippen LogP contribution in [0, 0.1) is 0 Å². The molecule has 0 heterocycles. The average Bonchev–Trinajstić information content (AvgIpc) is 2.19. The lowest BCUT2D eigenvalue weighted by molar-refractivity contribution is -0.203. The van der Waals surface area contributed by atoms with Gasteiger partial charge in [0, 0.05) is 28.4 Å². The molecule has 0 rings (SSSR count). The van der Waals surface area contributed by atoms with Crippen LogP contribution in [-0.2, 0) is 41.7 Å². The van der Waals surface area contributed by atoms with Crippen LogP contribution in [0.15, 0.2) is 0 Å². The minimum atomic E-state index is -3.07. The topological polar surface area (TPSA) is 83.0 Å². The number of hydrogen-bond donors (Lipinski definition) is 0. The predicted molar refractivity (Wildman–Crippen MR) is 77.4 cm³/mol. The Labute approximate surface area is 120 Å². The van der Waals surface area contributed by atoms with Gasteiger partial charge in [0.25, 0.3) is 0 Å². The number of hydrogen-bond acceptors (Lipinski definition) is 8. The molecule has 0 aromatic carbocycles. The maximum Gasteiger partial charge on any atom is 0.114 e. The van der Waals surface area contributed by atoms with Gasteiger partial charge >= 0.3 is 0 Å². The zero-order valence-electron chi connectivity index (χ0n) is 9.16. The summed E-state index contributed by atoms with van der Waals surface area (Å²) in [6.07, 6.45) is 0. The Hall–Kier alpha value is 1.76. The summed E-state index contributed by atoms with van der Waals surface area (Å²) in [6.45, 7) is -6.14. The molecular weight excluding hydrogens is 334 g/mol. The zero-order chi connectivity index (χ0) is 11.8. The van der Waals surface area contributed by atoms with E-state index in [1.54, 1.807) is 0 Å². The average molecular weight is 350 g/mol. The van der Waals surface area contributed by atoms with E-state index in [0.29, 0.717) is 0 Å². The fourth-order valence-electron chi connectivity index (χ4n) is 0.149. The van der Waals surface area contributed by atoms with Gasteiger partial charge in [-0.25, -0.2) is 0 Å². The standard InChI is InChI=1S/2C2H7O3PS.2H2S/c2*1-4-6(3,7)5-2;;/h2*1-2H3,(H,3,7);2*1H2/p-2. The van der Waals surface area contributed by atoms with Gasteiger partial charge in [-0.1, -0.05) is 23.6 Å². The second kappa shape index (κ2) is 13.2. The van der Waals surface area contributed by atoms with Crippen molar-refractivity contribution < 1.29 is 27.9 Å². The molecule has 0 spiro atoms. The fourth-order valence-corrected chi connectivity index (χ4v) is 0.447. The molecule has 16 heavy (non-hydrogen) atoms. The summed E-state index contributed by atoms with van der Waals surface area (Å²) in [4.78, 5) is 20.6. The summed E-state index contributed by atoms with van der Waals surface area (Å²) in [5.74, 6) is 0. The molecule has 0 amide bonds. The van der Waals surface area contributed by atoms with E-state index in [0.717, 1.165) is 0 Å². The van der Waals surface area contributed by atoms with Crippen molar-refractivity contribution in [1.29, 1.82) is 0 Å². The number of rotatable bonds is 4. The normalized spacial score (nSPS) is 10.4. The molecule has 0 aromatic rings. The maximum absolute atomic E-state index is 10.3. The van der Waals surface area contributed by atoms with Gasteiger partial charge in [-0.05, 0) is 0 Å². The Morgan fingerprint density at radius 3 is 0.812 bits per heavy atom. The van der Waals surface area contributed by atoms with Crippen molar-refractivity contribution in [1.82, 2.24) is 0 Å². The van der Waals surface area contributed by atoms with Crippen molar-refractivity contribution in [3.05, 3.63) is 0 Å². The van der Waals surface area contributed by atoms with E-state index in [4.69, 9.17) is 0 Å². The molecular formula is C4H16O6P2S4-2. The molecule has 0 bridgehead atoms. The molecule has 0 aliphatic rings. The van der Waals surface area contributed by atoms with Crippen LogP contribution in [-0.4, -0.2) is 28.4 Å². The van der Waals surface area contributed by atoms with Gasteiger partial charge in [0.15, 0.2) is 0 Å². The SMILES string of the molecule is COP([O-])(=S)OC.COP([O-])(=S)OC.S.S. The minimum Gasteiger partial charge on any atom is -0.780 e. The van der Waals surface area contributed by atoms with Gasteiger partial charge < -0.3 is 27.9 Å². The lowest BCUT2D eigenvalue weighted by Gasteiger charge is -2.21. The summed E-state index contributed by atoms with van der Waals surface area (Å²) in [6, 6.07) is 0. The second-order valence-corrected chi connectivity index (χ2v) is 7.56. The molecule has 0 aliphatic carbocycles. The monoisotopic (exact) mass is 350 g/mol. The summed E-state index contributed by atoms with van der Waals surface area (Å²) in [7, 11) is 4.99. The van der Waals surface area contributed by atoms with E-state index in [-0.39, 0.29) is 27.0 Å². The van der Waals surface area contributed by atoms with Gasteiger partial charge in [-0.3, -0.25) is 0 Å². The summed E-state index contributed by atoms with van der Waals surface area (Å²) < 4.78 is 16.9. The highest BCUT2D eigenvalue weighted by atomic mass is 32.5. The molecule has 0 fully saturated rings. The van der Waals surface area contributed by atoms with Gasteiger partial charge in [0.2, 0.25) is 0 Å². The summed E-state index contributed by atoms with van der Waals surface area (Å²) >= 11 is 8.51. The van der Waals surface area contributed by atoms with Crippen molar-refractivity contribution in [2.75, 3.05) is 28.4 Å². The van der Waals surface area contributed by atoms with E-state index in [2.05, 4.69) is 41.7 Å². The van der Waals surface area contributed by atoms with Crippen LogP contribution >= 0.6 is 40.4 Å².